The third-order valence-electron chi connectivity index (χ3n) is 5.65. The Morgan fingerprint density at radius 2 is 1.56 bits per heavy atom. The molecule has 0 bridgehead atoms. The number of hydrogen-bond acceptors (Lipinski definition) is 6. The summed E-state index contributed by atoms with van der Waals surface area (Å²) in [5.41, 5.74) is 1.56. The maximum absolute atomic E-state index is 13.2. The van der Waals surface area contributed by atoms with Crippen LogP contribution in [0, 0.1) is 0 Å². The minimum atomic E-state index is -3.46. The number of carbonyl (C=O) groups is 1. The summed E-state index contributed by atoms with van der Waals surface area (Å²) in [6.45, 7) is 1.08. The molecule has 1 saturated heterocycles. The van der Waals surface area contributed by atoms with Gasteiger partial charge in [0.2, 0.25) is 15.8 Å². The van der Waals surface area contributed by atoms with Crippen molar-refractivity contribution in [2.24, 2.45) is 0 Å². The zero-order valence-electron chi connectivity index (χ0n) is 18.3. The zero-order valence-corrected chi connectivity index (χ0v) is 20.0. The molecule has 34 heavy (non-hydrogen) atoms. The van der Waals surface area contributed by atoms with E-state index in [4.69, 9.17) is 0 Å². The van der Waals surface area contributed by atoms with Gasteiger partial charge in [0.1, 0.15) is 0 Å². The van der Waals surface area contributed by atoms with Gasteiger partial charge < -0.3 is 4.90 Å². The summed E-state index contributed by atoms with van der Waals surface area (Å²) in [7, 11) is -3.46. The van der Waals surface area contributed by atoms with Crippen LogP contribution in [0.15, 0.2) is 78.2 Å². The fourth-order valence-electron chi connectivity index (χ4n) is 3.90. The number of aromatic nitrogens is 3. The van der Waals surface area contributed by atoms with Gasteiger partial charge >= 0.3 is 0 Å². The van der Waals surface area contributed by atoms with Crippen molar-refractivity contribution in [3.63, 3.8) is 0 Å². The average molecular weight is 494 g/mol. The van der Waals surface area contributed by atoms with E-state index in [-0.39, 0.29) is 30.6 Å². The number of carbonyl (C=O) groups excluding carboxylic acids is 1. The standard InChI is InChI=1S/C24H23N5O3S2/c30-24(27-13-15-28(16-14-27)34(31,32)18-19-8-3-1-4-9-19)22-25-23(21-12-7-17-33-21)29(26-22)20-10-5-2-6-11-20/h1-12,17H,13-16,18H2. The number of nitrogens with zero attached hydrogens (tertiary/aromatic N) is 5. The van der Waals surface area contributed by atoms with Crippen molar-refractivity contribution >= 4 is 27.3 Å². The van der Waals surface area contributed by atoms with Crippen LogP contribution in [0.1, 0.15) is 16.2 Å². The molecular weight excluding hydrogens is 470 g/mol. The first kappa shape index (κ1) is 22.5. The molecule has 1 aliphatic rings. The highest BCUT2D eigenvalue weighted by Gasteiger charge is 2.31. The number of amides is 1. The monoisotopic (exact) mass is 493 g/mol. The van der Waals surface area contributed by atoms with E-state index >= 15 is 0 Å². The molecule has 174 valence electrons. The van der Waals surface area contributed by atoms with Crippen LogP contribution in [-0.2, 0) is 15.8 Å². The third-order valence-corrected chi connectivity index (χ3v) is 8.37. The van der Waals surface area contributed by atoms with Crippen LogP contribution >= 0.6 is 11.3 Å². The lowest BCUT2D eigenvalue weighted by atomic mass is 10.2. The van der Waals surface area contributed by atoms with Crippen LogP contribution in [0.5, 0.6) is 0 Å². The lowest BCUT2D eigenvalue weighted by molar-refractivity contribution is 0.0685. The van der Waals surface area contributed by atoms with Gasteiger partial charge in [0.15, 0.2) is 5.82 Å². The molecular formula is C24H23N5O3S2. The predicted octanol–water partition coefficient (Wildman–Crippen LogP) is 3.28. The van der Waals surface area contributed by atoms with Crippen molar-refractivity contribution in [3.05, 3.63) is 89.6 Å². The number of benzene rings is 2. The van der Waals surface area contributed by atoms with Crippen LogP contribution in [0.4, 0.5) is 0 Å². The van der Waals surface area contributed by atoms with Crippen molar-refractivity contribution < 1.29 is 13.2 Å². The van der Waals surface area contributed by atoms with Gasteiger partial charge in [-0.25, -0.2) is 18.1 Å². The Hall–Kier alpha value is -3.34. The quantitative estimate of drug-likeness (QED) is 0.411. The second-order valence-corrected chi connectivity index (χ2v) is 10.8. The first-order valence-electron chi connectivity index (χ1n) is 10.9. The summed E-state index contributed by atoms with van der Waals surface area (Å²) >= 11 is 1.53. The highest BCUT2D eigenvalue weighted by molar-refractivity contribution is 7.88. The molecule has 0 aliphatic carbocycles. The van der Waals surface area contributed by atoms with E-state index in [2.05, 4.69) is 10.1 Å². The van der Waals surface area contributed by atoms with Crippen LogP contribution in [0.25, 0.3) is 16.4 Å². The summed E-state index contributed by atoms with van der Waals surface area (Å²) in [6, 6.07) is 22.6. The van der Waals surface area contributed by atoms with Crippen molar-refractivity contribution in [2.45, 2.75) is 5.75 Å². The van der Waals surface area contributed by atoms with Crippen molar-refractivity contribution in [3.8, 4) is 16.4 Å². The summed E-state index contributed by atoms with van der Waals surface area (Å²) < 4.78 is 28.8. The Balaban J connectivity index is 1.32. The first-order chi connectivity index (χ1) is 16.5. The number of sulfonamides is 1. The molecule has 0 N–H and O–H groups in total. The molecule has 2 aromatic heterocycles. The minimum absolute atomic E-state index is 0.0466. The lowest BCUT2D eigenvalue weighted by Gasteiger charge is -2.33. The number of piperazine rings is 1. The van der Waals surface area contributed by atoms with E-state index in [9.17, 15) is 13.2 Å². The average Bonchev–Trinajstić information content (AvgIpc) is 3.55. The highest BCUT2D eigenvalue weighted by atomic mass is 32.2. The third kappa shape index (κ3) is 4.65. The largest absolute Gasteiger partial charge is 0.333 e. The van der Waals surface area contributed by atoms with Crippen molar-refractivity contribution in [1.29, 1.82) is 0 Å². The van der Waals surface area contributed by atoms with Gasteiger partial charge in [-0.3, -0.25) is 4.79 Å². The Labute approximate surface area is 202 Å². The molecule has 10 heteroatoms. The summed E-state index contributed by atoms with van der Waals surface area (Å²) in [4.78, 5) is 20.3. The molecule has 1 fully saturated rings. The van der Waals surface area contributed by atoms with Crippen LogP contribution in [0.3, 0.4) is 0 Å². The normalized spacial score (nSPS) is 14.9. The van der Waals surface area contributed by atoms with Gasteiger partial charge in [-0.05, 0) is 29.1 Å². The smallest absolute Gasteiger partial charge is 0.293 e. The molecule has 4 aromatic rings. The second-order valence-electron chi connectivity index (χ2n) is 7.92. The van der Waals surface area contributed by atoms with Gasteiger partial charge in [-0.1, -0.05) is 54.6 Å². The maximum atomic E-state index is 13.2. The SMILES string of the molecule is O=C(c1nc(-c2cccs2)n(-c2ccccc2)n1)N1CCN(S(=O)(=O)Cc2ccccc2)CC1. The van der Waals surface area contributed by atoms with E-state index in [0.717, 1.165) is 16.1 Å². The number of thiophene rings is 1. The van der Waals surface area contributed by atoms with Crippen LogP contribution in [0.2, 0.25) is 0 Å². The van der Waals surface area contributed by atoms with E-state index in [1.807, 2.05) is 66.0 Å². The topological polar surface area (TPSA) is 88.4 Å². The molecule has 0 radical (unpaired) electrons. The fourth-order valence-corrected chi connectivity index (χ4v) is 6.12. The van der Waals surface area contributed by atoms with Crippen molar-refractivity contribution in [2.75, 3.05) is 26.2 Å². The molecule has 0 spiro atoms. The number of para-hydroxylation sites is 1. The Morgan fingerprint density at radius 3 is 2.21 bits per heavy atom. The van der Waals surface area contributed by atoms with Gasteiger partial charge in [-0.2, -0.15) is 4.31 Å². The fraction of sp³-hybridized carbons (Fsp3) is 0.208. The Morgan fingerprint density at radius 1 is 0.882 bits per heavy atom. The molecule has 5 rings (SSSR count). The molecule has 0 atom stereocenters. The molecule has 1 amide bonds. The van der Waals surface area contributed by atoms with Gasteiger partial charge in [-0.15, -0.1) is 16.4 Å². The summed E-state index contributed by atoms with van der Waals surface area (Å²) in [5.74, 6) is 0.365. The van der Waals surface area contributed by atoms with Gasteiger partial charge in [0.05, 0.1) is 16.3 Å². The molecule has 2 aromatic carbocycles. The Bertz CT molecular complexity index is 1360. The lowest BCUT2D eigenvalue weighted by Crippen LogP contribution is -2.51. The molecule has 3 heterocycles. The van der Waals surface area contributed by atoms with Crippen LogP contribution in [-0.4, -0.2) is 64.5 Å². The first-order valence-corrected chi connectivity index (χ1v) is 13.4. The second kappa shape index (κ2) is 9.49. The minimum Gasteiger partial charge on any atom is -0.333 e. The van der Waals surface area contributed by atoms with Crippen molar-refractivity contribution in [1.82, 2.24) is 24.0 Å². The summed E-state index contributed by atoms with van der Waals surface area (Å²) in [5, 5.41) is 6.48. The predicted molar refractivity (Wildman–Crippen MR) is 131 cm³/mol. The molecule has 0 saturated carbocycles. The number of hydrogen-bond donors (Lipinski definition) is 0. The molecule has 8 nitrogen and oxygen atoms in total. The Kier molecular flexibility index (Phi) is 6.27. The summed E-state index contributed by atoms with van der Waals surface area (Å²) in [6.07, 6.45) is 0. The van der Waals surface area contributed by atoms with E-state index in [0.29, 0.717) is 18.9 Å². The molecule has 0 unspecified atom stereocenters. The van der Waals surface area contributed by atoms with Gasteiger partial charge in [0, 0.05) is 26.2 Å². The van der Waals surface area contributed by atoms with Crippen LogP contribution < -0.4 is 0 Å². The van der Waals surface area contributed by atoms with E-state index in [1.165, 1.54) is 15.6 Å². The van der Waals surface area contributed by atoms with E-state index < -0.39 is 10.0 Å². The highest BCUT2D eigenvalue weighted by Crippen LogP contribution is 2.26. The molecule has 1 aliphatic heterocycles. The van der Waals surface area contributed by atoms with E-state index in [1.54, 1.807) is 21.7 Å². The number of rotatable bonds is 6. The maximum Gasteiger partial charge on any atom is 0.293 e. The zero-order chi connectivity index (χ0) is 23.5. The van der Waals surface area contributed by atoms with Gasteiger partial charge in [0.25, 0.3) is 5.91 Å².